The van der Waals surface area contributed by atoms with Gasteiger partial charge in [-0.1, -0.05) is 67.7 Å². The summed E-state index contributed by atoms with van der Waals surface area (Å²) in [6, 6.07) is 19.5. The molecule has 1 unspecified atom stereocenters. The third-order valence-electron chi connectivity index (χ3n) is 7.88. The normalized spacial score (nSPS) is 14.4. The lowest BCUT2D eigenvalue weighted by atomic mass is 9.84. The summed E-state index contributed by atoms with van der Waals surface area (Å²) in [6.45, 7) is 2.09. The van der Waals surface area contributed by atoms with Crippen molar-refractivity contribution in [2.75, 3.05) is 10.2 Å². The van der Waals surface area contributed by atoms with E-state index in [0.29, 0.717) is 29.2 Å². The summed E-state index contributed by atoms with van der Waals surface area (Å²) in [6.07, 6.45) is 1.71. The Hall–Kier alpha value is -4.94. The summed E-state index contributed by atoms with van der Waals surface area (Å²) in [4.78, 5) is 28.0. The number of ether oxygens (including phenoxy) is 1. The Labute approximate surface area is 258 Å². The highest BCUT2D eigenvalue weighted by Gasteiger charge is 2.31. The molecule has 1 saturated carbocycles. The minimum atomic E-state index is -4.79. The summed E-state index contributed by atoms with van der Waals surface area (Å²) < 4.78 is 41.9. The van der Waals surface area contributed by atoms with Crippen molar-refractivity contribution in [3.05, 3.63) is 95.1 Å². The van der Waals surface area contributed by atoms with Crippen molar-refractivity contribution >= 4 is 23.6 Å². The van der Waals surface area contributed by atoms with E-state index in [1.54, 1.807) is 29.2 Å². The highest BCUT2D eigenvalue weighted by molar-refractivity contribution is 6.03. The average Bonchev–Trinajstić information content (AvgIpc) is 3.56. The Kier molecular flexibility index (Phi) is 9.95. The van der Waals surface area contributed by atoms with Crippen molar-refractivity contribution in [2.45, 2.75) is 70.3 Å². The molecular formula is C32H34F3N7O3. The van der Waals surface area contributed by atoms with E-state index in [4.69, 9.17) is 0 Å². The molecule has 1 fully saturated rings. The van der Waals surface area contributed by atoms with Crippen LogP contribution in [0.2, 0.25) is 0 Å². The van der Waals surface area contributed by atoms with Crippen molar-refractivity contribution in [1.29, 1.82) is 0 Å². The van der Waals surface area contributed by atoms with Gasteiger partial charge in [-0.25, -0.2) is 4.79 Å². The first-order chi connectivity index (χ1) is 21.7. The van der Waals surface area contributed by atoms with Gasteiger partial charge in [0.25, 0.3) is 11.9 Å². The monoisotopic (exact) mass is 621 g/mol. The molecule has 3 aromatic carbocycles. The molecule has 0 aliphatic heterocycles. The van der Waals surface area contributed by atoms with E-state index in [0.717, 1.165) is 18.4 Å². The zero-order valence-electron chi connectivity index (χ0n) is 24.7. The molecule has 0 radical (unpaired) electrons. The summed E-state index contributed by atoms with van der Waals surface area (Å²) in [5, 5.41) is 18.7. The highest BCUT2D eigenvalue weighted by atomic mass is 19.4. The van der Waals surface area contributed by atoms with Gasteiger partial charge in [0.05, 0.1) is 12.6 Å². The van der Waals surface area contributed by atoms with Gasteiger partial charge in [-0.05, 0) is 83.5 Å². The Morgan fingerprint density at radius 2 is 1.67 bits per heavy atom. The fraction of sp³-hybridized carbons (Fsp3) is 0.344. The van der Waals surface area contributed by atoms with E-state index in [-0.39, 0.29) is 24.3 Å². The standard InChI is InChI=1S/C32H34F3N7O3/c1-2-28(24-14-18-27(19-15-24)45-32(33,34)35)36-31(44)42(26-16-12-23(13-17-26)22-6-4-3-5-7-22)20-21-8-10-25(11-9-21)29(43)37-30-38-40-41-39-30/h8-19,22,28H,2-7,20H2,1H3,(H,36,44)(H2,37,38,39,40,41,43). The molecule has 1 aliphatic rings. The first-order valence-electron chi connectivity index (χ1n) is 14.9. The van der Waals surface area contributed by atoms with Crippen molar-refractivity contribution in [3.8, 4) is 5.75 Å². The molecule has 0 saturated heterocycles. The number of amides is 3. The molecule has 236 valence electrons. The van der Waals surface area contributed by atoms with Crippen molar-refractivity contribution in [1.82, 2.24) is 25.9 Å². The van der Waals surface area contributed by atoms with E-state index in [1.165, 1.54) is 49.1 Å². The Morgan fingerprint density at radius 1 is 0.978 bits per heavy atom. The molecule has 5 rings (SSSR count). The second-order valence-electron chi connectivity index (χ2n) is 10.9. The van der Waals surface area contributed by atoms with E-state index in [2.05, 4.69) is 48.1 Å². The highest BCUT2D eigenvalue weighted by Crippen LogP contribution is 2.34. The molecule has 0 spiro atoms. The molecule has 1 aromatic heterocycles. The zero-order valence-corrected chi connectivity index (χ0v) is 24.7. The number of aromatic nitrogens is 4. The summed E-state index contributed by atoms with van der Waals surface area (Å²) in [5.74, 6) is -0.179. The largest absolute Gasteiger partial charge is 0.573 e. The van der Waals surface area contributed by atoms with Gasteiger partial charge in [0.1, 0.15) is 5.75 Å². The van der Waals surface area contributed by atoms with Crippen LogP contribution < -0.4 is 20.3 Å². The van der Waals surface area contributed by atoms with E-state index < -0.39 is 18.3 Å². The Bertz CT molecular complexity index is 1540. The third-order valence-corrected chi connectivity index (χ3v) is 7.88. The molecule has 3 N–H and O–H groups in total. The van der Waals surface area contributed by atoms with Crippen LogP contribution in [0.25, 0.3) is 0 Å². The van der Waals surface area contributed by atoms with Gasteiger partial charge in [-0.3, -0.25) is 15.0 Å². The molecular weight excluding hydrogens is 587 g/mol. The van der Waals surface area contributed by atoms with E-state index >= 15 is 0 Å². The third kappa shape index (κ3) is 8.58. The molecule has 1 atom stereocenters. The van der Waals surface area contributed by atoms with Crippen LogP contribution in [-0.2, 0) is 6.54 Å². The lowest BCUT2D eigenvalue weighted by molar-refractivity contribution is -0.274. The number of hydrogen-bond donors (Lipinski definition) is 3. The molecule has 4 aromatic rings. The number of urea groups is 1. The van der Waals surface area contributed by atoms with Gasteiger partial charge < -0.3 is 10.1 Å². The van der Waals surface area contributed by atoms with Crippen molar-refractivity contribution < 1.29 is 27.5 Å². The quantitative estimate of drug-likeness (QED) is 0.171. The number of anilines is 2. The second-order valence-corrected chi connectivity index (χ2v) is 10.9. The summed E-state index contributed by atoms with van der Waals surface area (Å²) in [5.41, 5.74) is 3.74. The number of carbonyl (C=O) groups is 2. The van der Waals surface area contributed by atoms with Crippen LogP contribution in [0.1, 0.15) is 84.5 Å². The van der Waals surface area contributed by atoms with Crippen LogP contribution in [0, 0.1) is 0 Å². The topological polar surface area (TPSA) is 125 Å². The molecule has 13 heteroatoms. The van der Waals surface area contributed by atoms with Crippen LogP contribution in [-0.4, -0.2) is 38.9 Å². The SMILES string of the molecule is CCC(NC(=O)N(Cc1ccc(C(=O)Nc2nn[nH]n2)cc1)c1ccc(C2CCCCC2)cc1)c1ccc(OC(F)(F)F)cc1. The first-order valence-corrected chi connectivity index (χ1v) is 14.9. The van der Waals surface area contributed by atoms with Gasteiger partial charge in [0.2, 0.25) is 0 Å². The number of carbonyl (C=O) groups excluding carboxylic acids is 2. The lowest BCUT2D eigenvalue weighted by Gasteiger charge is -2.28. The number of aromatic amines is 1. The van der Waals surface area contributed by atoms with Gasteiger partial charge in [-0.15, -0.1) is 18.3 Å². The lowest BCUT2D eigenvalue weighted by Crippen LogP contribution is -2.41. The number of H-pyrrole nitrogens is 1. The number of nitrogens with one attached hydrogen (secondary N) is 3. The smallest absolute Gasteiger partial charge is 0.406 e. The zero-order chi connectivity index (χ0) is 31.8. The Balaban J connectivity index is 1.34. The fourth-order valence-corrected chi connectivity index (χ4v) is 5.53. The molecule has 1 heterocycles. The van der Waals surface area contributed by atoms with Crippen LogP contribution in [0.4, 0.5) is 29.6 Å². The molecule has 3 amide bonds. The number of halogens is 3. The predicted octanol–water partition coefficient (Wildman–Crippen LogP) is 7.27. The maximum Gasteiger partial charge on any atom is 0.573 e. The number of nitrogens with zero attached hydrogens (tertiary/aromatic N) is 4. The summed E-state index contributed by atoms with van der Waals surface area (Å²) >= 11 is 0. The maximum atomic E-state index is 13.8. The van der Waals surface area contributed by atoms with Gasteiger partial charge >= 0.3 is 12.4 Å². The molecule has 0 bridgehead atoms. The maximum absolute atomic E-state index is 13.8. The van der Waals surface area contributed by atoms with Crippen molar-refractivity contribution in [2.24, 2.45) is 0 Å². The summed E-state index contributed by atoms with van der Waals surface area (Å²) in [7, 11) is 0. The van der Waals surface area contributed by atoms with Gasteiger partial charge in [0, 0.05) is 11.3 Å². The van der Waals surface area contributed by atoms with Gasteiger partial charge in [-0.2, -0.15) is 5.21 Å². The number of hydrogen-bond acceptors (Lipinski definition) is 6. The number of rotatable bonds is 10. The van der Waals surface area contributed by atoms with E-state index in [1.807, 2.05) is 19.1 Å². The number of benzene rings is 3. The van der Waals surface area contributed by atoms with Crippen LogP contribution in [0.3, 0.4) is 0 Å². The van der Waals surface area contributed by atoms with Crippen LogP contribution >= 0.6 is 0 Å². The first kappa shape index (κ1) is 31.5. The molecule has 10 nitrogen and oxygen atoms in total. The minimum Gasteiger partial charge on any atom is -0.406 e. The Morgan fingerprint density at radius 3 is 2.27 bits per heavy atom. The molecule has 1 aliphatic carbocycles. The minimum absolute atomic E-state index is 0.0524. The average molecular weight is 622 g/mol. The number of tetrazole rings is 1. The van der Waals surface area contributed by atoms with E-state index in [9.17, 15) is 22.8 Å². The van der Waals surface area contributed by atoms with Gasteiger partial charge in [0.15, 0.2) is 0 Å². The second kappa shape index (κ2) is 14.2. The van der Waals surface area contributed by atoms with Crippen molar-refractivity contribution in [3.63, 3.8) is 0 Å². The van der Waals surface area contributed by atoms with Crippen LogP contribution in [0.5, 0.6) is 5.75 Å². The fourth-order valence-electron chi connectivity index (χ4n) is 5.53. The number of alkyl halides is 3. The predicted molar refractivity (Wildman–Crippen MR) is 162 cm³/mol. The van der Waals surface area contributed by atoms with Crippen LogP contribution in [0.15, 0.2) is 72.8 Å². The molecule has 45 heavy (non-hydrogen) atoms.